The Kier molecular flexibility index (Phi) is 7.17. The van der Waals surface area contributed by atoms with Gasteiger partial charge in [0, 0.05) is 13.1 Å². The monoisotopic (exact) mass is 309 g/mol. The van der Waals surface area contributed by atoms with Crippen molar-refractivity contribution in [3.8, 4) is 11.5 Å². The molecule has 4 nitrogen and oxygen atoms in total. The van der Waals surface area contributed by atoms with E-state index >= 15 is 0 Å². The lowest BCUT2D eigenvalue weighted by atomic mass is 10.1. The fraction of sp³-hybridized carbons (Fsp3) is 0.667. The molecule has 1 rings (SSSR count). The Bertz CT molecular complexity index is 452. The van der Waals surface area contributed by atoms with Crippen molar-refractivity contribution in [2.24, 2.45) is 5.92 Å². The highest BCUT2D eigenvalue weighted by molar-refractivity contribution is 5.42. The van der Waals surface area contributed by atoms with Crippen LogP contribution >= 0.6 is 0 Å². The maximum Gasteiger partial charge on any atom is 0.161 e. The fourth-order valence-corrected chi connectivity index (χ4v) is 2.44. The van der Waals surface area contributed by atoms with E-state index in [0.29, 0.717) is 12.5 Å². The summed E-state index contributed by atoms with van der Waals surface area (Å²) in [6.45, 7) is 10.5. The topological polar surface area (TPSA) is 41.9 Å². The molecule has 1 N–H and O–H groups in total. The van der Waals surface area contributed by atoms with E-state index in [1.54, 1.807) is 14.2 Å². The Morgan fingerprint density at radius 1 is 1.14 bits per heavy atom. The molecular formula is C18H31NO3. The number of ether oxygens (including phenoxy) is 2. The van der Waals surface area contributed by atoms with Gasteiger partial charge in [0.1, 0.15) is 0 Å². The van der Waals surface area contributed by atoms with Crippen LogP contribution in [0.15, 0.2) is 18.2 Å². The number of benzene rings is 1. The maximum absolute atomic E-state index is 10.1. The van der Waals surface area contributed by atoms with Crippen molar-refractivity contribution in [1.82, 2.24) is 4.90 Å². The van der Waals surface area contributed by atoms with Crippen molar-refractivity contribution in [3.05, 3.63) is 23.8 Å². The normalized spacial score (nSPS) is 12.0. The van der Waals surface area contributed by atoms with Crippen LogP contribution in [-0.2, 0) is 6.54 Å². The molecule has 0 aliphatic heterocycles. The molecule has 22 heavy (non-hydrogen) atoms. The number of rotatable bonds is 9. The summed E-state index contributed by atoms with van der Waals surface area (Å²) in [5, 5.41) is 10.1. The van der Waals surface area contributed by atoms with E-state index in [1.807, 2.05) is 32.0 Å². The molecule has 0 aliphatic rings. The van der Waals surface area contributed by atoms with Gasteiger partial charge in [0.05, 0.1) is 19.8 Å². The molecule has 0 aliphatic carbocycles. The van der Waals surface area contributed by atoms with Crippen LogP contribution in [0.2, 0.25) is 0 Å². The summed E-state index contributed by atoms with van der Waals surface area (Å²) in [5.41, 5.74) is 0.457. The Balaban J connectivity index is 2.83. The molecule has 0 atom stereocenters. The van der Waals surface area contributed by atoms with Crippen molar-refractivity contribution in [3.63, 3.8) is 0 Å². The van der Waals surface area contributed by atoms with Crippen LogP contribution in [0.5, 0.6) is 11.5 Å². The molecule has 0 aromatic heterocycles. The highest BCUT2D eigenvalue weighted by Gasteiger charge is 2.19. The standard InChI is InChI=1S/C18H31NO3/c1-14(2)9-10-19(13-18(3,4)20)12-15-7-8-16(21-5)17(11-15)22-6/h7-8,11,14,20H,9-10,12-13H2,1-6H3. The Morgan fingerprint density at radius 2 is 1.77 bits per heavy atom. The third kappa shape index (κ3) is 6.67. The zero-order valence-electron chi connectivity index (χ0n) is 14.8. The molecule has 4 heteroatoms. The smallest absolute Gasteiger partial charge is 0.161 e. The highest BCUT2D eigenvalue weighted by Crippen LogP contribution is 2.28. The number of hydrogen-bond donors (Lipinski definition) is 1. The third-order valence-corrected chi connectivity index (χ3v) is 3.49. The molecule has 0 radical (unpaired) electrons. The van der Waals surface area contributed by atoms with Crippen LogP contribution in [0.25, 0.3) is 0 Å². The predicted octanol–water partition coefficient (Wildman–Crippen LogP) is 3.32. The Labute approximate surface area is 135 Å². The second-order valence-corrected chi connectivity index (χ2v) is 6.89. The van der Waals surface area contributed by atoms with Crippen molar-refractivity contribution in [1.29, 1.82) is 0 Å². The molecule has 0 fully saturated rings. The summed E-state index contributed by atoms with van der Waals surface area (Å²) in [7, 11) is 3.29. The molecule has 0 bridgehead atoms. The minimum atomic E-state index is -0.701. The summed E-state index contributed by atoms with van der Waals surface area (Å²) in [6, 6.07) is 5.98. The second kappa shape index (κ2) is 8.39. The van der Waals surface area contributed by atoms with Crippen LogP contribution in [0, 0.1) is 5.92 Å². The zero-order valence-corrected chi connectivity index (χ0v) is 14.8. The van der Waals surface area contributed by atoms with Crippen LogP contribution < -0.4 is 9.47 Å². The van der Waals surface area contributed by atoms with Gasteiger partial charge < -0.3 is 14.6 Å². The molecule has 126 valence electrons. The lowest BCUT2D eigenvalue weighted by Gasteiger charge is -2.29. The zero-order chi connectivity index (χ0) is 16.8. The van der Waals surface area contributed by atoms with E-state index in [2.05, 4.69) is 18.7 Å². The van der Waals surface area contributed by atoms with Crippen molar-refractivity contribution >= 4 is 0 Å². The summed E-state index contributed by atoms with van der Waals surface area (Å²) in [6.07, 6.45) is 1.11. The molecule has 0 saturated heterocycles. The largest absolute Gasteiger partial charge is 0.493 e. The maximum atomic E-state index is 10.1. The van der Waals surface area contributed by atoms with Gasteiger partial charge in [0.15, 0.2) is 11.5 Å². The number of aliphatic hydroxyl groups is 1. The van der Waals surface area contributed by atoms with Crippen molar-refractivity contribution in [2.75, 3.05) is 27.3 Å². The minimum absolute atomic E-state index is 0.647. The average molecular weight is 309 g/mol. The van der Waals surface area contributed by atoms with Gasteiger partial charge in [-0.05, 0) is 50.4 Å². The van der Waals surface area contributed by atoms with Gasteiger partial charge in [-0.1, -0.05) is 19.9 Å². The molecule has 0 amide bonds. The van der Waals surface area contributed by atoms with E-state index in [9.17, 15) is 5.11 Å². The summed E-state index contributed by atoms with van der Waals surface area (Å²) < 4.78 is 10.6. The molecule has 0 spiro atoms. The van der Waals surface area contributed by atoms with E-state index < -0.39 is 5.60 Å². The lowest BCUT2D eigenvalue weighted by Crippen LogP contribution is -2.39. The van der Waals surface area contributed by atoms with Gasteiger partial charge in [-0.25, -0.2) is 0 Å². The van der Waals surface area contributed by atoms with Gasteiger partial charge in [-0.2, -0.15) is 0 Å². The number of nitrogens with zero attached hydrogens (tertiary/aromatic N) is 1. The molecule has 1 aromatic rings. The van der Waals surface area contributed by atoms with Crippen molar-refractivity contribution in [2.45, 2.75) is 46.3 Å². The third-order valence-electron chi connectivity index (χ3n) is 3.49. The fourth-order valence-electron chi connectivity index (χ4n) is 2.44. The molecule has 0 saturated carbocycles. The van der Waals surface area contributed by atoms with Gasteiger partial charge >= 0.3 is 0 Å². The molecule has 0 unspecified atom stereocenters. The van der Waals surface area contributed by atoms with E-state index in [-0.39, 0.29) is 0 Å². The van der Waals surface area contributed by atoms with E-state index in [4.69, 9.17) is 9.47 Å². The Hall–Kier alpha value is -1.26. The highest BCUT2D eigenvalue weighted by atomic mass is 16.5. The summed E-state index contributed by atoms with van der Waals surface area (Å²) in [5.74, 6) is 2.13. The Morgan fingerprint density at radius 3 is 2.27 bits per heavy atom. The van der Waals surface area contributed by atoms with Crippen LogP contribution in [0.1, 0.15) is 39.7 Å². The SMILES string of the molecule is COc1ccc(CN(CCC(C)C)CC(C)(C)O)cc1OC. The van der Waals surface area contributed by atoms with Gasteiger partial charge in [-0.3, -0.25) is 4.90 Å². The van der Waals surface area contributed by atoms with E-state index in [1.165, 1.54) is 0 Å². The minimum Gasteiger partial charge on any atom is -0.493 e. The van der Waals surface area contributed by atoms with Crippen LogP contribution in [-0.4, -0.2) is 42.9 Å². The number of methoxy groups -OCH3 is 2. The first-order valence-electron chi connectivity index (χ1n) is 7.91. The quantitative estimate of drug-likeness (QED) is 0.760. The first-order chi connectivity index (χ1) is 10.2. The lowest BCUT2D eigenvalue weighted by molar-refractivity contribution is 0.0320. The predicted molar refractivity (Wildman–Crippen MR) is 90.6 cm³/mol. The summed E-state index contributed by atoms with van der Waals surface area (Å²) >= 11 is 0. The first-order valence-corrected chi connectivity index (χ1v) is 7.91. The van der Waals surface area contributed by atoms with Gasteiger partial charge in [-0.15, -0.1) is 0 Å². The number of hydrogen-bond acceptors (Lipinski definition) is 4. The summed E-state index contributed by atoms with van der Waals surface area (Å²) in [4.78, 5) is 2.29. The van der Waals surface area contributed by atoms with Crippen molar-refractivity contribution < 1.29 is 14.6 Å². The van der Waals surface area contributed by atoms with Gasteiger partial charge in [0.25, 0.3) is 0 Å². The van der Waals surface area contributed by atoms with Gasteiger partial charge in [0.2, 0.25) is 0 Å². The van der Waals surface area contributed by atoms with E-state index in [0.717, 1.165) is 36.6 Å². The average Bonchev–Trinajstić information content (AvgIpc) is 2.43. The van der Waals surface area contributed by atoms with Crippen LogP contribution in [0.4, 0.5) is 0 Å². The first kappa shape index (κ1) is 18.8. The second-order valence-electron chi connectivity index (χ2n) is 6.89. The molecular weight excluding hydrogens is 278 g/mol. The van der Waals surface area contributed by atoms with Crippen LogP contribution in [0.3, 0.4) is 0 Å². The molecule has 1 aromatic carbocycles. The molecule has 0 heterocycles.